The van der Waals surface area contributed by atoms with Crippen molar-refractivity contribution in [2.45, 2.75) is 58.2 Å². The fourth-order valence-electron chi connectivity index (χ4n) is 5.35. The average Bonchev–Trinajstić information content (AvgIpc) is 3.47. The van der Waals surface area contributed by atoms with Crippen molar-refractivity contribution in [3.63, 3.8) is 0 Å². The summed E-state index contributed by atoms with van der Waals surface area (Å²) >= 11 is 1.31. The first kappa shape index (κ1) is 24.1. The number of morpholine rings is 1. The number of rotatable bonds is 4. The van der Waals surface area contributed by atoms with E-state index in [0.717, 1.165) is 59.9 Å². The maximum absolute atomic E-state index is 13.1. The third kappa shape index (κ3) is 4.27. The normalized spacial score (nSPS) is 24.9. The van der Waals surface area contributed by atoms with E-state index in [1.165, 1.54) is 11.5 Å². The van der Waals surface area contributed by atoms with Crippen LogP contribution in [0.25, 0.3) is 21.6 Å². The molecule has 3 fully saturated rings. The fraction of sp³-hybridized carbons (Fsp3) is 0.625. The minimum Gasteiger partial charge on any atom is -0.377 e. The lowest BCUT2D eigenvalue weighted by Crippen LogP contribution is -2.44. The van der Waals surface area contributed by atoms with Crippen molar-refractivity contribution in [1.29, 1.82) is 0 Å². The van der Waals surface area contributed by atoms with Crippen LogP contribution in [-0.4, -0.2) is 72.3 Å². The second-order valence-electron chi connectivity index (χ2n) is 9.86. The quantitative estimate of drug-likeness (QED) is 0.501. The molecule has 3 aliphatic rings. The first-order valence-corrected chi connectivity index (χ1v) is 15.1. The standard InChI is InChI=1S/C24H32N6O4S2/c1-16-13-18(30(26-16)21-7-3-5-10-34-21)22-23-24(35-27-22)19(29-8-4-6-12-36(29,31)32)14-20(25-23)28-9-11-33-15-17(28)2/h13-14,17,21H,3-12,15H2,1-2H3/t17-,21?/m1/s1. The summed E-state index contributed by atoms with van der Waals surface area (Å²) < 4.78 is 47.1. The number of hydrogen-bond donors (Lipinski definition) is 0. The van der Waals surface area contributed by atoms with Crippen molar-refractivity contribution in [3.05, 3.63) is 17.8 Å². The molecule has 194 valence electrons. The second-order valence-corrected chi connectivity index (χ2v) is 12.6. The molecule has 0 bridgehead atoms. The summed E-state index contributed by atoms with van der Waals surface area (Å²) in [4.78, 5) is 7.30. The van der Waals surface area contributed by atoms with Crippen LogP contribution in [0.2, 0.25) is 0 Å². The highest BCUT2D eigenvalue weighted by Crippen LogP contribution is 2.41. The largest absolute Gasteiger partial charge is 0.377 e. The molecule has 10 nitrogen and oxygen atoms in total. The average molecular weight is 533 g/mol. The summed E-state index contributed by atoms with van der Waals surface area (Å²) in [5.74, 6) is 0.920. The Morgan fingerprint density at radius 2 is 2.00 bits per heavy atom. The molecule has 3 aliphatic heterocycles. The number of aryl methyl sites for hydroxylation is 1. The fourth-order valence-corrected chi connectivity index (χ4v) is 7.90. The summed E-state index contributed by atoms with van der Waals surface area (Å²) in [5.41, 5.74) is 3.86. The Bertz CT molecular complexity index is 1360. The lowest BCUT2D eigenvalue weighted by Gasteiger charge is -2.35. The number of sulfonamides is 1. The van der Waals surface area contributed by atoms with Gasteiger partial charge in [-0.25, -0.2) is 18.1 Å². The SMILES string of the molecule is Cc1cc(-c2nsc3c(N4CCCCS4(=O)=O)cc(N4CCOC[C@H]4C)nc23)n(C2CCCCO2)n1. The number of ether oxygens (including phenoxy) is 2. The van der Waals surface area contributed by atoms with Gasteiger partial charge in [0, 0.05) is 25.8 Å². The molecule has 0 aromatic carbocycles. The molecule has 2 atom stereocenters. The van der Waals surface area contributed by atoms with Crippen molar-refractivity contribution in [1.82, 2.24) is 19.1 Å². The Labute approximate surface area is 215 Å². The molecule has 3 aromatic heterocycles. The molecule has 0 amide bonds. The Kier molecular flexibility index (Phi) is 6.39. The highest BCUT2D eigenvalue weighted by atomic mass is 32.2. The van der Waals surface area contributed by atoms with Crippen LogP contribution in [0.1, 0.15) is 50.9 Å². The van der Waals surface area contributed by atoms with Gasteiger partial charge in [-0.1, -0.05) is 0 Å². The van der Waals surface area contributed by atoms with E-state index in [-0.39, 0.29) is 18.0 Å². The second kappa shape index (κ2) is 9.55. The molecule has 6 heterocycles. The lowest BCUT2D eigenvalue weighted by molar-refractivity contribution is -0.0385. The Hall–Kier alpha value is -2.28. The van der Waals surface area contributed by atoms with Gasteiger partial charge in [-0.05, 0) is 63.6 Å². The first-order valence-electron chi connectivity index (χ1n) is 12.8. The third-order valence-electron chi connectivity index (χ3n) is 7.20. The van der Waals surface area contributed by atoms with E-state index < -0.39 is 10.0 Å². The number of fused-ring (bicyclic) bond motifs is 1. The summed E-state index contributed by atoms with van der Waals surface area (Å²) in [5, 5.41) is 4.75. The van der Waals surface area contributed by atoms with Gasteiger partial charge in [-0.2, -0.15) is 9.47 Å². The minimum absolute atomic E-state index is 0.132. The van der Waals surface area contributed by atoms with Gasteiger partial charge >= 0.3 is 0 Å². The summed E-state index contributed by atoms with van der Waals surface area (Å²) in [6, 6.07) is 4.09. The number of pyridine rings is 1. The zero-order valence-electron chi connectivity index (χ0n) is 20.7. The van der Waals surface area contributed by atoms with Gasteiger partial charge in [0.1, 0.15) is 17.0 Å². The van der Waals surface area contributed by atoms with E-state index in [2.05, 4.69) is 11.8 Å². The molecule has 0 N–H and O–H groups in total. The van der Waals surface area contributed by atoms with Crippen LogP contribution in [0.3, 0.4) is 0 Å². The van der Waals surface area contributed by atoms with Gasteiger partial charge in [-0.3, -0.25) is 4.31 Å². The van der Waals surface area contributed by atoms with Crippen molar-refractivity contribution >= 4 is 43.3 Å². The zero-order chi connectivity index (χ0) is 24.9. The topological polar surface area (TPSA) is 103 Å². The molecule has 0 aliphatic carbocycles. The lowest BCUT2D eigenvalue weighted by atomic mass is 10.1. The molecule has 1 unspecified atom stereocenters. The van der Waals surface area contributed by atoms with Crippen LogP contribution < -0.4 is 9.21 Å². The van der Waals surface area contributed by atoms with Crippen LogP contribution in [0.4, 0.5) is 11.5 Å². The van der Waals surface area contributed by atoms with Crippen molar-refractivity contribution in [2.24, 2.45) is 0 Å². The van der Waals surface area contributed by atoms with Gasteiger partial charge in [0.05, 0.1) is 46.8 Å². The highest BCUT2D eigenvalue weighted by molar-refractivity contribution is 7.92. The van der Waals surface area contributed by atoms with Gasteiger partial charge in [0.2, 0.25) is 10.0 Å². The molecule has 0 saturated carbocycles. The van der Waals surface area contributed by atoms with Crippen LogP contribution in [-0.2, 0) is 19.5 Å². The minimum atomic E-state index is -3.40. The maximum atomic E-state index is 13.1. The van der Waals surface area contributed by atoms with E-state index in [4.69, 9.17) is 23.9 Å². The Morgan fingerprint density at radius 3 is 2.78 bits per heavy atom. The van der Waals surface area contributed by atoms with Gasteiger partial charge in [0.15, 0.2) is 6.23 Å². The maximum Gasteiger partial charge on any atom is 0.235 e. The van der Waals surface area contributed by atoms with Crippen LogP contribution in [0.5, 0.6) is 0 Å². The van der Waals surface area contributed by atoms with E-state index in [1.54, 1.807) is 4.31 Å². The highest BCUT2D eigenvalue weighted by Gasteiger charge is 2.32. The van der Waals surface area contributed by atoms with Gasteiger partial charge < -0.3 is 14.4 Å². The van der Waals surface area contributed by atoms with Crippen LogP contribution >= 0.6 is 11.5 Å². The first-order chi connectivity index (χ1) is 17.4. The van der Waals surface area contributed by atoms with Gasteiger partial charge in [0.25, 0.3) is 0 Å². The summed E-state index contributed by atoms with van der Waals surface area (Å²) in [6.45, 7) is 7.18. The molecule has 0 radical (unpaired) electrons. The van der Waals surface area contributed by atoms with E-state index in [0.29, 0.717) is 43.9 Å². The van der Waals surface area contributed by atoms with E-state index in [1.807, 2.05) is 23.7 Å². The van der Waals surface area contributed by atoms with E-state index in [9.17, 15) is 8.42 Å². The Balaban J connectivity index is 1.54. The zero-order valence-corrected chi connectivity index (χ0v) is 22.4. The van der Waals surface area contributed by atoms with Crippen LogP contribution in [0.15, 0.2) is 12.1 Å². The molecule has 3 saturated heterocycles. The predicted octanol–water partition coefficient (Wildman–Crippen LogP) is 3.72. The Morgan fingerprint density at radius 1 is 1.11 bits per heavy atom. The molecule has 12 heteroatoms. The number of hydrogen-bond acceptors (Lipinski definition) is 9. The summed E-state index contributed by atoms with van der Waals surface area (Å²) in [7, 11) is -3.40. The molecule has 0 spiro atoms. The smallest absolute Gasteiger partial charge is 0.235 e. The molecule has 3 aromatic rings. The van der Waals surface area contributed by atoms with E-state index >= 15 is 0 Å². The van der Waals surface area contributed by atoms with Crippen LogP contribution in [0, 0.1) is 6.92 Å². The molecule has 6 rings (SSSR count). The number of nitrogens with zero attached hydrogens (tertiary/aromatic N) is 6. The predicted molar refractivity (Wildman–Crippen MR) is 140 cm³/mol. The van der Waals surface area contributed by atoms with Crippen molar-refractivity contribution in [2.75, 3.05) is 47.9 Å². The monoisotopic (exact) mass is 532 g/mol. The molecular formula is C24H32N6O4S2. The third-order valence-corrected chi connectivity index (χ3v) is 9.92. The van der Waals surface area contributed by atoms with Crippen molar-refractivity contribution < 1.29 is 17.9 Å². The summed E-state index contributed by atoms with van der Waals surface area (Å²) in [6.07, 6.45) is 4.44. The number of aromatic nitrogens is 4. The molecule has 36 heavy (non-hydrogen) atoms. The van der Waals surface area contributed by atoms with Gasteiger partial charge in [-0.15, -0.1) is 0 Å². The van der Waals surface area contributed by atoms with Crippen molar-refractivity contribution in [3.8, 4) is 11.4 Å². The molecular weight excluding hydrogens is 500 g/mol. The number of anilines is 2.